The highest BCUT2D eigenvalue weighted by Crippen LogP contribution is 2.29. The van der Waals surface area contributed by atoms with Crippen molar-refractivity contribution in [2.24, 2.45) is 0 Å². The van der Waals surface area contributed by atoms with Gasteiger partial charge in [0.1, 0.15) is 11.4 Å². The van der Waals surface area contributed by atoms with Crippen LogP contribution in [0.15, 0.2) is 18.2 Å². The fraction of sp³-hybridized carbons (Fsp3) is 0.417. The quantitative estimate of drug-likeness (QED) is 0.637. The van der Waals surface area contributed by atoms with E-state index >= 15 is 0 Å². The van der Waals surface area contributed by atoms with Crippen LogP contribution in [0.2, 0.25) is 0 Å². The van der Waals surface area contributed by atoms with E-state index in [0.717, 1.165) is 18.2 Å². The average molecular weight is 268 g/mol. The van der Waals surface area contributed by atoms with E-state index in [1.807, 2.05) is 0 Å². The monoisotopic (exact) mass is 268 g/mol. The van der Waals surface area contributed by atoms with Gasteiger partial charge in [-0.3, -0.25) is 14.9 Å². The van der Waals surface area contributed by atoms with Crippen molar-refractivity contribution < 1.29 is 19.2 Å². The number of carbonyl (C=O) groups is 1. The number of benzene rings is 1. The van der Waals surface area contributed by atoms with Crippen LogP contribution in [0.4, 0.5) is 10.1 Å². The Kier molecular flexibility index (Phi) is 3.48. The van der Waals surface area contributed by atoms with Gasteiger partial charge in [0, 0.05) is 18.1 Å². The summed E-state index contributed by atoms with van der Waals surface area (Å²) in [6.45, 7) is 0.537. The molecule has 1 heterocycles. The summed E-state index contributed by atoms with van der Waals surface area (Å²) in [6.07, 6.45) is 0.946. The lowest BCUT2D eigenvalue weighted by molar-refractivity contribution is -0.385. The van der Waals surface area contributed by atoms with Crippen LogP contribution in [0.5, 0.6) is 0 Å². The molecule has 0 aromatic heterocycles. The second-order valence-electron chi connectivity index (χ2n) is 4.62. The summed E-state index contributed by atoms with van der Waals surface area (Å²) in [6, 6.07) is 3.09. The number of rotatable bonds is 4. The Morgan fingerprint density at radius 2 is 2.32 bits per heavy atom. The van der Waals surface area contributed by atoms with E-state index in [0.29, 0.717) is 19.4 Å². The van der Waals surface area contributed by atoms with Crippen LogP contribution >= 0.6 is 0 Å². The molecule has 0 bridgehead atoms. The maximum Gasteiger partial charge on any atom is 0.324 e. The number of halogens is 1. The number of carboxylic acid groups (broad SMARTS) is 1. The number of aliphatic carboxylic acids is 1. The fourth-order valence-electron chi connectivity index (χ4n) is 2.41. The van der Waals surface area contributed by atoms with Crippen molar-refractivity contribution in [1.29, 1.82) is 0 Å². The molecular weight excluding hydrogens is 255 g/mol. The number of nitro benzene ring substituents is 1. The molecule has 1 aliphatic heterocycles. The van der Waals surface area contributed by atoms with Crippen molar-refractivity contribution in [3.8, 4) is 0 Å². The number of nitrogens with one attached hydrogen (secondary N) is 1. The highest BCUT2D eigenvalue weighted by Gasteiger charge is 2.42. The minimum absolute atomic E-state index is 0.0989. The maximum atomic E-state index is 13.2. The zero-order valence-corrected chi connectivity index (χ0v) is 10.1. The molecule has 1 aliphatic rings. The van der Waals surface area contributed by atoms with Gasteiger partial charge in [-0.2, -0.15) is 0 Å². The van der Waals surface area contributed by atoms with E-state index in [9.17, 15) is 24.4 Å². The molecule has 2 rings (SSSR count). The maximum absolute atomic E-state index is 13.2. The van der Waals surface area contributed by atoms with Crippen LogP contribution in [0.1, 0.15) is 18.4 Å². The normalized spacial score (nSPS) is 22.4. The average Bonchev–Trinajstić information content (AvgIpc) is 2.78. The molecule has 0 spiro atoms. The first-order valence-electron chi connectivity index (χ1n) is 5.86. The van der Waals surface area contributed by atoms with Gasteiger partial charge in [0.15, 0.2) is 0 Å². The SMILES string of the molecule is O=C(O)C1(Cc2cc(F)ccc2[N+](=O)[O-])CCCN1. The zero-order chi connectivity index (χ0) is 14.0. The smallest absolute Gasteiger partial charge is 0.324 e. The predicted octanol–water partition coefficient (Wildman–Crippen LogP) is 1.48. The third-order valence-electron chi connectivity index (χ3n) is 3.38. The van der Waals surface area contributed by atoms with Gasteiger partial charge in [-0.05, 0) is 31.5 Å². The molecule has 7 heteroatoms. The lowest BCUT2D eigenvalue weighted by atomic mass is 9.88. The third kappa shape index (κ3) is 2.55. The van der Waals surface area contributed by atoms with Crippen LogP contribution in [0.3, 0.4) is 0 Å². The molecule has 102 valence electrons. The van der Waals surface area contributed by atoms with Crippen molar-refractivity contribution in [1.82, 2.24) is 5.32 Å². The lowest BCUT2D eigenvalue weighted by Crippen LogP contribution is -2.49. The van der Waals surface area contributed by atoms with E-state index in [1.54, 1.807) is 0 Å². The van der Waals surface area contributed by atoms with Gasteiger partial charge in [0.25, 0.3) is 5.69 Å². The standard InChI is InChI=1S/C12H13FN2O4/c13-9-2-3-10(15(18)19)8(6-9)7-12(11(16)17)4-1-5-14-12/h2-3,6,14H,1,4-5,7H2,(H,16,17). The van der Waals surface area contributed by atoms with Gasteiger partial charge < -0.3 is 10.4 Å². The summed E-state index contributed by atoms with van der Waals surface area (Å²) in [5.41, 5.74) is -1.39. The summed E-state index contributed by atoms with van der Waals surface area (Å²) in [5.74, 6) is -1.68. The number of hydrogen-bond donors (Lipinski definition) is 2. The first-order chi connectivity index (χ1) is 8.94. The van der Waals surface area contributed by atoms with Crippen molar-refractivity contribution in [2.45, 2.75) is 24.8 Å². The second kappa shape index (κ2) is 4.93. The molecule has 1 unspecified atom stereocenters. The summed E-state index contributed by atoms with van der Waals surface area (Å²) < 4.78 is 13.2. The molecule has 2 N–H and O–H groups in total. The van der Waals surface area contributed by atoms with E-state index in [4.69, 9.17) is 0 Å². The Labute approximate surface area is 108 Å². The van der Waals surface area contributed by atoms with Gasteiger partial charge in [-0.25, -0.2) is 4.39 Å². The topological polar surface area (TPSA) is 92.5 Å². The van der Waals surface area contributed by atoms with E-state index in [1.165, 1.54) is 0 Å². The molecule has 1 saturated heterocycles. The second-order valence-corrected chi connectivity index (χ2v) is 4.62. The van der Waals surface area contributed by atoms with Crippen LogP contribution < -0.4 is 5.32 Å². The van der Waals surface area contributed by atoms with Gasteiger partial charge in [-0.15, -0.1) is 0 Å². The van der Waals surface area contributed by atoms with Crippen LogP contribution in [-0.2, 0) is 11.2 Å². The Morgan fingerprint density at radius 1 is 1.58 bits per heavy atom. The number of nitro groups is 1. The molecule has 1 aromatic rings. The molecule has 0 saturated carbocycles. The minimum atomic E-state index is -1.24. The van der Waals surface area contributed by atoms with Gasteiger partial charge >= 0.3 is 5.97 Å². The van der Waals surface area contributed by atoms with Gasteiger partial charge in [-0.1, -0.05) is 0 Å². The highest BCUT2D eigenvalue weighted by molar-refractivity contribution is 5.80. The molecule has 1 fully saturated rings. The summed E-state index contributed by atoms with van der Waals surface area (Å²) in [4.78, 5) is 21.6. The highest BCUT2D eigenvalue weighted by atomic mass is 19.1. The minimum Gasteiger partial charge on any atom is -0.480 e. The summed E-state index contributed by atoms with van der Waals surface area (Å²) >= 11 is 0. The van der Waals surface area contributed by atoms with Crippen molar-refractivity contribution in [2.75, 3.05) is 6.54 Å². The van der Waals surface area contributed by atoms with Gasteiger partial charge in [0.05, 0.1) is 4.92 Å². The van der Waals surface area contributed by atoms with E-state index < -0.39 is 22.2 Å². The van der Waals surface area contributed by atoms with Gasteiger partial charge in [0.2, 0.25) is 0 Å². The van der Waals surface area contributed by atoms with Crippen molar-refractivity contribution in [3.63, 3.8) is 0 Å². The summed E-state index contributed by atoms with van der Waals surface area (Å²) in [7, 11) is 0. The number of nitrogens with zero attached hydrogens (tertiary/aromatic N) is 1. The van der Waals surface area contributed by atoms with Crippen molar-refractivity contribution in [3.05, 3.63) is 39.7 Å². The molecule has 1 atom stereocenters. The molecular formula is C12H13FN2O4. The Bertz CT molecular complexity index is 526. The largest absolute Gasteiger partial charge is 0.480 e. The first kappa shape index (κ1) is 13.4. The molecule has 0 amide bonds. The summed E-state index contributed by atoms with van der Waals surface area (Å²) in [5, 5.41) is 23.1. The first-order valence-corrected chi connectivity index (χ1v) is 5.86. The molecule has 6 nitrogen and oxygen atoms in total. The Hall–Kier alpha value is -2.02. The molecule has 0 radical (unpaired) electrons. The van der Waals surface area contributed by atoms with Crippen molar-refractivity contribution >= 4 is 11.7 Å². The van der Waals surface area contributed by atoms with Crippen LogP contribution in [0, 0.1) is 15.9 Å². The van der Waals surface area contributed by atoms with Crippen LogP contribution in [0.25, 0.3) is 0 Å². The predicted molar refractivity (Wildman–Crippen MR) is 64.4 cm³/mol. The third-order valence-corrected chi connectivity index (χ3v) is 3.38. The Balaban J connectivity index is 2.39. The number of hydrogen-bond acceptors (Lipinski definition) is 4. The fourth-order valence-corrected chi connectivity index (χ4v) is 2.41. The molecule has 19 heavy (non-hydrogen) atoms. The van der Waals surface area contributed by atoms with E-state index in [-0.39, 0.29) is 17.7 Å². The lowest BCUT2D eigenvalue weighted by Gasteiger charge is -2.24. The number of carboxylic acids is 1. The molecule has 0 aliphatic carbocycles. The Morgan fingerprint density at radius 3 is 2.84 bits per heavy atom. The zero-order valence-electron chi connectivity index (χ0n) is 10.1. The molecule has 1 aromatic carbocycles. The van der Waals surface area contributed by atoms with Crippen LogP contribution in [-0.4, -0.2) is 28.1 Å². The van der Waals surface area contributed by atoms with E-state index in [2.05, 4.69) is 5.32 Å².